The molecule has 0 aliphatic carbocycles. The minimum Gasteiger partial charge on any atom is -0.489 e. The molecule has 2 heterocycles. The smallest absolute Gasteiger partial charge is 0.189 e. The molecule has 1 aromatic carbocycles. The molecule has 0 bridgehead atoms. The number of hydrogen-bond donors (Lipinski definition) is 0. The number of nitrogens with zero attached hydrogens (tertiary/aromatic N) is 3. The van der Waals surface area contributed by atoms with Crippen molar-refractivity contribution in [2.75, 3.05) is 0 Å². The summed E-state index contributed by atoms with van der Waals surface area (Å²) >= 11 is 0. The van der Waals surface area contributed by atoms with Crippen LogP contribution in [0.2, 0.25) is 0 Å². The van der Waals surface area contributed by atoms with Gasteiger partial charge in [0.15, 0.2) is 5.78 Å². The zero-order chi connectivity index (χ0) is 17.6. The summed E-state index contributed by atoms with van der Waals surface area (Å²) in [5, 5.41) is 4.19. The fourth-order valence-electron chi connectivity index (χ4n) is 2.42. The van der Waals surface area contributed by atoms with Crippen LogP contribution in [0.1, 0.15) is 27.2 Å². The number of allylic oxidation sites excluding steroid dienone is 1. The number of pyridine rings is 1. The number of aryl methyl sites for hydroxylation is 2. The molecule has 0 saturated heterocycles. The average Bonchev–Trinajstić information content (AvgIpc) is 2.98. The molecular formula is C20H19N3O2. The van der Waals surface area contributed by atoms with Crippen LogP contribution in [0.5, 0.6) is 5.75 Å². The summed E-state index contributed by atoms with van der Waals surface area (Å²) in [6.07, 6.45) is 8.58. The van der Waals surface area contributed by atoms with Crippen molar-refractivity contribution in [2.45, 2.75) is 13.5 Å². The molecule has 0 atom stereocenters. The Hall–Kier alpha value is -3.21. The Balaban J connectivity index is 1.60. The fraction of sp³-hybridized carbons (Fsp3) is 0.150. The van der Waals surface area contributed by atoms with Gasteiger partial charge in [0.2, 0.25) is 0 Å². The van der Waals surface area contributed by atoms with Crippen LogP contribution in [0, 0.1) is 6.92 Å². The summed E-state index contributed by atoms with van der Waals surface area (Å²) in [5.41, 5.74) is 3.36. The van der Waals surface area contributed by atoms with Crippen molar-refractivity contribution in [3.05, 3.63) is 83.4 Å². The molecule has 5 nitrogen and oxygen atoms in total. The van der Waals surface area contributed by atoms with Crippen LogP contribution in [0.3, 0.4) is 0 Å². The molecule has 0 spiro atoms. The number of hydrogen-bond acceptors (Lipinski definition) is 4. The van der Waals surface area contributed by atoms with E-state index >= 15 is 0 Å². The highest BCUT2D eigenvalue weighted by Crippen LogP contribution is 2.15. The largest absolute Gasteiger partial charge is 0.489 e. The van der Waals surface area contributed by atoms with E-state index in [9.17, 15) is 4.79 Å². The Labute approximate surface area is 146 Å². The third kappa shape index (κ3) is 4.41. The van der Waals surface area contributed by atoms with Gasteiger partial charge in [-0.05, 0) is 48.4 Å². The van der Waals surface area contributed by atoms with Crippen molar-refractivity contribution in [1.29, 1.82) is 0 Å². The van der Waals surface area contributed by atoms with E-state index in [0.717, 1.165) is 22.6 Å². The monoisotopic (exact) mass is 333 g/mol. The summed E-state index contributed by atoms with van der Waals surface area (Å²) in [6.45, 7) is 2.33. The van der Waals surface area contributed by atoms with E-state index in [1.54, 1.807) is 42.5 Å². The third-order valence-electron chi connectivity index (χ3n) is 3.74. The van der Waals surface area contributed by atoms with Gasteiger partial charge in [0, 0.05) is 25.6 Å². The van der Waals surface area contributed by atoms with Gasteiger partial charge in [-0.3, -0.25) is 14.5 Å². The molecule has 0 fully saturated rings. The number of carbonyl (C=O) groups excluding carboxylic acids is 1. The lowest BCUT2D eigenvalue weighted by Crippen LogP contribution is -1.95. The number of benzene rings is 1. The van der Waals surface area contributed by atoms with Gasteiger partial charge < -0.3 is 4.74 Å². The van der Waals surface area contributed by atoms with E-state index in [4.69, 9.17) is 4.74 Å². The molecule has 5 heteroatoms. The van der Waals surface area contributed by atoms with E-state index in [1.807, 2.05) is 43.3 Å². The van der Waals surface area contributed by atoms with Gasteiger partial charge in [0.25, 0.3) is 0 Å². The lowest BCUT2D eigenvalue weighted by Gasteiger charge is -2.06. The summed E-state index contributed by atoms with van der Waals surface area (Å²) in [7, 11) is 1.80. The lowest BCUT2D eigenvalue weighted by atomic mass is 10.1. The normalized spacial score (nSPS) is 11.0. The molecule has 3 rings (SSSR count). The Kier molecular flexibility index (Phi) is 5.04. The van der Waals surface area contributed by atoms with Crippen LogP contribution in [0.4, 0.5) is 0 Å². The van der Waals surface area contributed by atoms with Gasteiger partial charge in [-0.1, -0.05) is 18.2 Å². The zero-order valence-corrected chi connectivity index (χ0v) is 14.2. The second-order valence-corrected chi connectivity index (χ2v) is 5.71. The van der Waals surface area contributed by atoms with E-state index < -0.39 is 0 Å². The minimum absolute atomic E-state index is 0.0522. The number of ether oxygens (including phenoxy) is 1. The van der Waals surface area contributed by atoms with E-state index in [1.165, 1.54) is 0 Å². The van der Waals surface area contributed by atoms with Gasteiger partial charge in [-0.25, -0.2) is 0 Å². The highest BCUT2D eigenvalue weighted by Gasteiger charge is 2.09. The van der Waals surface area contributed by atoms with Crippen molar-refractivity contribution in [2.24, 2.45) is 7.05 Å². The quantitative estimate of drug-likeness (QED) is 0.511. The minimum atomic E-state index is -0.0522. The number of aromatic nitrogens is 3. The van der Waals surface area contributed by atoms with Gasteiger partial charge in [0.05, 0.1) is 11.3 Å². The maximum Gasteiger partial charge on any atom is 0.189 e. The summed E-state index contributed by atoms with van der Waals surface area (Å²) in [4.78, 5) is 16.2. The van der Waals surface area contributed by atoms with Crippen LogP contribution >= 0.6 is 0 Å². The van der Waals surface area contributed by atoms with Gasteiger partial charge in [-0.2, -0.15) is 5.10 Å². The molecular weight excluding hydrogens is 314 g/mol. The molecule has 0 aliphatic heterocycles. The molecule has 3 aromatic rings. The van der Waals surface area contributed by atoms with Crippen molar-refractivity contribution >= 4 is 11.9 Å². The summed E-state index contributed by atoms with van der Waals surface area (Å²) < 4.78 is 7.37. The maximum absolute atomic E-state index is 12.2. The molecule has 0 aliphatic rings. The summed E-state index contributed by atoms with van der Waals surface area (Å²) in [6, 6.07) is 11.5. The second-order valence-electron chi connectivity index (χ2n) is 5.71. The first-order chi connectivity index (χ1) is 12.1. The highest BCUT2D eigenvalue weighted by atomic mass is 16.5. The molecule has 2 aromatic heterocycles. The standard InChI is InChI=1S/C20H19N3O2/c1-15-19(13-23(2)22-15)20(24)8-5-16-3-6-18(7-4-16)25-14-17-9-11-21-12-10-17/h3-13H,14H2,1-2H3/b8-5-. The molecule has 25 heavy (non-hydrogen) atoms. The van der Waals surface area contributed by atoms with Crippen LogP contribution in [-0.4, -0.2) is 20.5 Å². The van der Waals surface area contributed by atoms with Crippen LogP contribution in [-0.2, 0) is 13.7 Å². The zero-order valence-electron chi connectivity index (χ0n) is 14.2. The van der Waals surface area contributed by atoms with Crippen molar-refractivity contribution in [1.82, 2.24) is 14.8 Å². The Bertz CT molecular complexity index is 881. The number of carbonyl (C=O) groups is 1. The van der Waals surface area contributed by atoms with Gasteiger partial charge in [-0.15, -0.1) is 0 Å². The topological polar surface area (TPSA) is 57.0 Å². The second kappa shape index (κ2) is 7.57. The van der Waals surface area contributed by atoms with Crippen molar-refractivity contribution in [3.63, 3.8) is 0 Å². The Morgan fingerprint density at radius 3 is 2.52 bits per heavy atom. The molecule has 0 saturated carbocycles. The molecule has 0 N–H and O–H groups in total. The van der Waals surface area contributed by atoms with Crippen molar-refractivity contribution in [3.8, 4) is 5.75 Å². The Morgan fingerprint density at radius 1 is 1.16 bits per heavy atom. The predicted molar refractivity (Wildman–Crippen MR) is 96.3 cm³/mol. The number of ketones is 1. The SMILES string of the molecule is Cc1nn(C)cc1C(=O)/C=C\c1ccc(OCc2ccncc2)cc1. The average molecular weight is 333 g/mol. The first-order valence-corrected chi connectivity index (χ1v) is 7.96. The maximum atomic E-state index is 12.2. The Morgan fingerprint density at radius 2 is 1.88 bits per heavy atom. The van der Waals surface area contributed by atoms with Crippen molar-refractivity contribution < 1.29 is 9.53 Å². The number of rotatable bonds is 6. The van der Waals surface area contributed by atoms with E-state index in [0.29, 0.717) is 12.2 Å². The van der Waals surface area contributed by atoms with E-state index in [-0.39, 0.29) is 5.78 Å². The van der Waals surface area contributed by atoms with Crippen LogP contribution < -0.4 is 4.74 Å². The highest BCUT2D eigenvalue weighted by molar-refractivity contribution is 6.07. The van der Waals surface area contributed by atoms with Crippen LogP contribution in [0.25, 0.3) is 6.08 Å². The molecule has 0 unspecified atom stereocenters. The van der Waals surface area contributed by atoms with Gasteiger partial charge in [0.1, 0.15) is 12.4 Å². The molecule has 126 valence electrons. The van der Waals surface area contributed by atoms with E-state index in [2.05, 4.69) is 10.1 Å². The molecule has 0 amide bonds. The van der Waals surface area contributed by atoms with Crippen LogP contribution in [0.15, 0.2) is 61.1 Å². The summed E-state index contributed by atoms with van der Waals surface area (Å²) in [5.74, 6) is 0.729. The fourth-order valence-corrected chi connectivity index (χ4v) is 2.42. The molecule has 0 radical (unpaired) electrons. The first-order valence-electron chi connectivity index (χ1n) is 7.96. The lowest BCUT2D eigenvalue weighted by molar-refractivity contribution is 0.104. The third-order valence-corrected chi connectivity index (χ3v) is 3.74. The predicted octanol–water partition coefficient (Wildman–Crippen LogP) is 3.60. The first kappa shape index (κ1) is 16.6. The van der Waals surface area contributed by atoms with Gasteiger partial charge >= 0.3 is 0 Å².